The molecule has 0 rings (SSSR count). The first-order chi connectivity index (χ1) is 6.05. The van der Waals surface area contributed by atoms with Gasteiger partial charge in [-0.3, -0.25) is 0 Å². The molecule has 0 aliphatic heterocycles. The van der Waals surface area contributed by atoms with Gasteiger partial charge in [-0.2, -0.15) is 13.1 Å². The Hall–Kier alpha value is -0.170. The molecule has 0 aromatic heterocycles. The second kappa shape index (κ2) is 6.31. The molecule has 3 N–H and O–H groups in total. The average Bonchev–Trinajstić information content (AvgIpc) is 2.11. The zero-order valence-electron chi connectivity index (χ0n) is 8.08. The highest BCUT2D eigenvalue weighted by molar-refractivity contribution is 7.87. The third-order valence-electron chi connectivity index (χ3n) is 1.58. The van der Waals surface area contributed by atoms with E-state index >= 15 is 0 Å². The quantitative estimate of drug-likeness (QED) is 0.534. The van der Waals surface area contributed by atoms with E-state index in [-0.39, 0.29) is 6.61 Å². The molecule has 0 aliphatic rings. The van der Waals surface area contributed by atoms with Crippen LogP contribution in [-0.2, 0) is 10.2 Å². The Bertz CT molecular complexity index is 212. The van der Waals surface area contributed by atoms with Gasteiger partial charge < -0.3 is 5.11 Å². The predicted molar refractivity (Wildman–Crippen MR) is 51.5 cm³/mol. The van der Waals surface area contributed by atoms with Crippen LogP contribution in [0.25, 0.3) is 0 Å². The molecule has 0 bridgehead atoms. The van der Waals surface area contributed by atoms with Gasteiger partial charge in [0.05, 0.1) is 6.61 Å². The van der Waals surface area contributed by atoms with E-state index in [9.17, 15) is 8.42 Å². The van der Waals surface area contributed by atoms with Crippen molar-refractivity contribution in [2.45, 2.75) is 32.7 Å². The minimum atomic E-state index is -3.43. The minimum Gasteiger partial charge on any atom is -0.395 e. The summed E-state index contributed by atoms with van der Waals surface area (Å²) in [6.07, 6.45) is 1.32. The van der Waals surface area contributed by atoms with E-state index in [1.165, 1.54) is 0 Å². The van der Waals surface area contributed by atoms with Crippen molar-refractivity contribution >= 4 is 10.2 Å². The summed E-state index contributed by atoms with van der Waals surface area (Å²) < 4.78 is 27.1. The Morgan fingerprint density at radius 3 is 2.38 bits per heavy atom. The SMILES string of the molecule is CCCNS(=O)(=O)NC(CC)CO. The van der Waals surface area contributed by atoms with Gasteiger partial charge in [0.25, 0.3) is 10.2 Å². The van der Waals surface area contributed by atoms with Crippen molar-refractivity contribution < 1.29 is 13.5 Å². The van der Waals surface area contributed by atoms with Crippen molar-refractivity contribution in [3.8, 4) is 0 Å². The molecule has 0 heterocycles. The Morgan fingerprint density at radius 1 is 1.38 bits per heavy atom. The zero-order valence-corrected chi connectivity index (χ0v) is 8.89. The molecular formula is C7H18N2O3S. The number of aliphatic hydroxyl groups is 1. The molecule has 5 nitrogen and oxygen atoms in total. The Labute approximate surface area is 79.7 Å². The molecule has 0 aliphatic carbocycles. The van der Waals surface area contributed by atoms with Gasteiger partial charge in [-0.15, -0.1) is 0 Å². The van der Waals surface area contributed by atoms with Crippen LogP contribution in [0.1, 0.15) is 26.7 Å². The Balaban J connectivity index is 4.00. The molecular weight excluding hydrogens is 192 g/mol. The van der Waals surface area contributed by atoms with E-state index in [1.807, 2.05) is 13.8 Å². The zero-order chi connectivity index (χ0) is 10.3. The summed E-state index contributed by atoms with van der Waals surface area (Å²) in [5.41, 5.74) is 0. The normalized spacial score (nSPS) is 14.4. The molecule has 0 aromatic carbocycles. The van der Waals surface area contributed by atoms with Crippen LogP contribution in [0.5, 0.6) is 0 Å². The smallest absolute Gasteiger partial charge is 0.277 e. The summed E-state index contributed by atoms with van der Waals surface area (Å²) in [5, 5.41) is 8.76. The minimum absolute atomic E-state index is 0.177. The first-order valence-electron chi connectivity index (χ1n) is 4.43. The average molecular weight is 210 g/mol. The maximum absolute atomic E-state index is 11.2. The predicted octanol–water partition coefficient (Wildman–Crippen LogP) is -0.409. The highest BCUT2D eigenvalue weighted by Crippen LogP contribution is 1.91. The molecule has 0 aromatic rings. The molecule has 0 saturated heterocycles. The van der Waals surface area contributed by atoms with Crippen LogP contribution in [0.2, 0.25) is 0 Å². The third kappa shape index (κ3) is 5.98. The van der Waals surface area contributed by atoms with E-state index in [2.05, 4.69) is 9.44 Å². The van der Waals surface area contributed by atoms with Crippen molar-refractivity contribution in [1.29, 1.82) is 0 Å². The number of rotatable bonds is 7. The summed E-state index contributed by atoms with van der Waals surface area (Å²) in [6.45, 7) is 3.93. The lowest BCUT2D eigenvalue weighted by molar-refractivity contribution is 0.253. The van der Waals surface area contributed by atoms with Crippen LogP contribution >= 0.6 is 0 Å². The third-order valence-corrected chi connectivity index (χ3v) is 2.80. The van der Waals surface area contributed by atoms with Crippen LogP contribution in [0.3, 0.4) is 0 Å². The molecule has 13 heavy (non-hydrogen) atoms. The summed E-state index contributed by atoms with van der Waals surface area (Å²) in [7, 11) is -3.43. The van der Waals surface area contributed by atoms with Crippen molar-refractivity contribution in [3.63, 3.8) is 0 Å². The van der Waals surface area contributed by atoms with E-state index in [1.54, 1.807) is 0 Å². The molecule has 1 unspecified atom stereocenters. The lowest BCUT2D eigenvalue weighted by Gasteiger charge is -2.14. The van der Waals surface area contributed by atoms with Gasteiger partial charge in [-0.1, -0.05) is 13.8 Å². The van der Waals surface area contributed by atoms with Crippen molar-refractivity contribution in [1.82, 2.24) is 9.44 Å². The maximum atomic E-state index is 11.2. The van der Waals surface area contributed by atoms with Crippen LogP contribution < -0.4 is 9.44 Å². The Kier molecular flexibility index (Phi) is 6.23. The summed E-state index contributed by atoms with van der Waals surface area (Å²) in [5.74, 6) is 0. The second-order valence-electron chi connectivity index (χ2n) is 2.80. The molecule has 0 radical (unpaired) electrons. The number of hydrogen-bond acceptors (Lipinski definition) is 3. The van der Waals surface area contributed by atoms with Gasteiger partial charge in [-0.25, -0.2) is 4.72 Å². The highest BCUT2D eigenvalue weighted by atomic mass is 32.2. The van der Waals surface area contributed by atoms with Crippen LogP contribution in [0, 0.1) is 0 Å². The molecule has 6 heteroatoms. The van der Waals surface area contributed by atoms with Gasteiger partial charge in [-0.05, 0) is 12.8 Å². The first kappa shape index (κ1) is 12.8. The fraction of sp³-hybridized carbons (Fsp3) is 1.00. The molecule has 0 spiro atoms. The topological polar surface area (TPSA) is 78.4 Å². The number of aliphatic hydroxyl groups excluding tert-OH is 1. The van der Waals surface area contributed by atoms with Crippen molar-refractivity contribution in [3.05, 3.63) is 0 Å². The summed E-state index contributed by atoms with van der Waals surface area (Å²) in [6, 6.07) is -0.394. The van der Waals surface area contributed by atoms with E-state index in [4.69, 9.17) is 5.11 Å². The largest absolute Gasteiger partial charge is 0.395 e. The highest BCUT2D eigenvalue weighted by Gasteiger charge is 2.13. The second-order valence-corrected chi connectivity index (χ2v) is 4.33. The van der Waals surface area contributed by atoms with Crippen LogP contribution in [-0.4, -0.2) is 32.7 Å². The fourth-order valence-electron chi connectivity index (χ4n) is 0.747. The van der Waals surface area contributed by atoms with Crippen LogP contribution in [0.4, 0.5) is 0 Å². The molecule has 0 amide bonds. The molecule has 0 saturated carbocycles. The molecule has 0 fully saturated rings. The summed E-state index contributed by atoms with van der Waals surface area (Å²) in [4.78, 5) is 0. The molecule has 80 valence electrons. The Morgan fingerprint density at radius 2 is 2.00 bits per heavy atom. The number of hydrogen-bond donors (Lipinski definition) is 3. The fourth-order valence-corrected chi connectivity index (χ4v) is 1.98. The number of nitrogens with one attached hydrogen (secondary N) is 2. The monoisotopic (exact) mass is 210 g/mol. The van der Waals surface area contributed by atoms with Gasteiger partial charge in [0, 0.05) is 12.6 Å². The van der Waals surface area contributed by atoms with Gasteiger partial charge in [0.2, 0.25) is 0 Å². The lowest BCUT2D eigenvalue weighted by Crippen LogP contribution is -2.44. The van der Waals surface area contributed by atoms with Crippen molar-refractivity contribution in [2.24, 2.45) is 0 Å². The van der Waals surface area contributed by atoms with Gasteiger partial charge in [0.1, 0.15) is 0 Å². The van der Waals surface area contributed by atoms with Gasteiger partial charge in [0.15, 0.2) is 0 Å². The molecule has 1 atom stereocenters. The first-order valence-corrected chi connectivity index (χ1v) is 5.91. The van der Waals surface area contributed by atoms with Crippen molar-refractivity contribution in [2.75, 3.05) is 13.2 Å². The van der Waals surface area contributed by atoms with E-state index < -0.39 is 16.3 Å². The maximum Gasteiger partial charge on any atom is 0.277 e. The van der Waals surface area contributed by atoms with E-state index in [0.717, 1.165) is 6.42 Å². The lowest BCUT2D eigenvalue weighted by atomic mass is 10.3. The van der Waals surface area contributed by atoms with Crippen LogP contribution in [0.15, 0.2) is 0 Å². The van der Waals surface area contributed by atoms with Gasteiger partial charge >= 0.3 is 0 Å². The standard InChI is InChI=1S/C7H18N2O3S/c1-3-5-8-13(11,12)9-7(4-2)6-10/h7-10H,3-6H2,1-2H3. The summed E-state index contributed by atoms with van der Waals surface area (Å²) >= 11 is 0. The van der Waals surface area contributed by atoms with E-state index in [0.29, 0.717) is 13.0 Å².